The first kappa shape index (κ1) is 28.1. The van der Waals surface area contributed by atoms with Crippen molar-refractivity contribution in [3.63, 3.8) is 0 Å². The summed E-state index contributed by atoms with van der Waals surface area (Å²) in [5.41, 5.74) is 1.92. The number of aromatic nitrogens is 3. The van der Waals surface area contributed by atoms with Crippen LogP contribution in [0.15, 0.2) is 42.6 Å². The third-order valence-corrected chi connectivity index (χ3v) is 9.31. The van der Waals surface area contributed by atoms with Crippen molar-refractivity contribution in [1.82, 2.24) is 14.8 Å². The number of fused-ring (bicyclic) bond motifs is 1. The third-order valence-electron chi connectivity index (χ3n) is 5.66. The molecule has 0 bridgehead atoms. The number of aliphatic hydroxyl groups excluding tert-OH is 1. The molecule has 0 amide bonds. The summed E-state index contributed by atoms with van der Waals surface area (Å²) in [5.74, 6) is -1.42. The van der Waals surface area contributed by atoms with Gasteiger partial charge in [-0.05, 0) is 25.0 Å². The second-order valence-electron chi connectivity index (χ2n) is 8.79. The van der Waals surface area contributed by atoms with Crippen LogP contribution in [0.2, 0.25) is 5.15 Å². The first-order valence-electron chi connectivity index (χ1n) is 11.2. The maximum atomic E-state index is 15.0. The molecule has 0 saturated carbocycles. The van der Waals surface area contributed by atoms with Gasteiger partial charge in [-0.1, -0.05) is 41.9 Å². The van der Waals surface area contributed by atoms with Crippen molar-refractivity contribution in [2.24, 2.45) is 0 Å². The molecule has 1 fully saturated rings. The lowest BCUT2D eigenvalue weighted by atomic mass is 10.1. The van der Waals surface area contributed by atoms with Crippen molar-refractivity contribution in [3.05, 3.63) is 53.3 Å². The Hall–Kier alpha value is -1.92. The van der Waals surface area contributed by atoms with Crippen molar-refractivity contribution < 1.29 is 42.6 Å². The van der Waals surface area contributed by atoms with Gasteiger partial charge in [0.1, 0.15) is 17.4 Å². The summed E-state index contributed by atoms with van der Waals surface area (Å²) in [7, 11) is -9.57. The van der Waals surface area contributed by atoms with Crippen molar-refractivity contribution in [2.45, 2.75) is 44.0 Å². The highest BCUT2D eigenvalue weighted by molar-refractivity contribution is 7.70. The van der Waals surface area contributed by atoms with Gasteiger partial charge in [-0.3, -0.25) is 9.13 Å². The Morgan fingerprint density at radius 3 is 2.65 bits per heavy atom. The second kappa shape index (κ2) is 11.1. The molecule has 1 unspecified atom stereocenters. The standard InChI is InChI=1S/C21H26ClFN4O8P2/c1-12(7-13-5-3-2-4-6-13)25-15-8-17(22)26-20-14(15)9-24-27(20)21-18(23)19(28)16(35-21)10-34-37(32,33)11-36(29,30)31/h2-6,8-9,12,16,18-19,21,28H,7,10-11H2,1H3,(H,25,26)(H,32,33)(H2,29,30,31)/t12-,16-,18+,19-,21-/m1/s1. The topological polar surface area (TPSA) is 176 Å². The zero-order valence-electron chi connectivity index (χ0n) is 19.5. The minimum Gasteiger partial charge on any atom is -0.387 e. The molecule has 0 radical (unpaired) electrons. The molecule has 2 aromatic heterocycles. The van der Waals surface area contributed by atoms with E-state index in [9.17, 15) is 19.1 Å². The minimum absolute atomic E-state index is 0.00487. The van der Waals surface area contributed by atoms with E-state index >= 15 is 4.39 Å². The Morgan fingerprint density at radius 2 is 1.97 bits per heavy atom. The summed E-state index contributed by atoms with van der Waals surface area (Å²) >= 11 is 6.23. The molecular formula is C21H26ClFN4O8P2. The number of ether oxygens (including phenoxy) is 1. The number of nitrogens with one attached hydrogen (secondary N) is 1. The van der Waals surface area contributed by atoms with Crippen LogP contribution in [0.4, 0.5) is 10.1 Å². The molecule has 5 N–H and O–H groups in total. The van der Waals surface area contributed by atoms with E-state index in [1.54, 1.807) is 6.07 Å². The molecular weight excluding hydrogens is 553 g/mol. The summed E-state index contributed by atoms with van der Waals surface area (Å²) in [6.45, 7) is 1.20. The highest BCUT2D eigenvalue weighted by atomic mass is 35.5. The van der Waals surface area contributed by atoms with Gasteiger partial charge in [0.15, 0.2) is 23.9 Å². The molecule has 1 aliphatic heterocycles. The van der Waals surface area contributed by atoms with E-state index in [1.165, 1.54) is 6.20 Å². The Kier molecular flexibility index (Phi) is 8.40. The monoisotopic (exact) mass is 578 g/mol. The highest BCUT2D eigenvalue weighted by Crippen LogP contribution is 2.55. The van der Waals surface area contributed by atoms with Gasteiger partial charge in [-0.15, -0.1) is 0 Å². The third kappa shape index (κ3) is 6.94. The van der Waals surface area contributed by atoms with Gasteiger partial charge in [0.2, 0.25) is 0 Å². The number of pyridine rings is 1. The molecule has 12 nitrogen and oxygen atoms in total. The van der Waals surface area contributed by atoms with Crippen molar-refractivity contribution in [1.29, 1.82) is 0 Å². The molecule has 3 heterocycles. The van der Waals surface area contributed by atoms with Gasteiger partial charge in [0.05, 0.1) is 23.9 Å². The second-order valence-corrected chi connectivity index (χ2v) is 13.2. The first-order valence-corrected chi connectivity index (χ1v) is 15.1. The fourth-order valence-electron chi connectivity index (χ4n) is 4.08. The van der Waals surface area contributed by atoms with Crippen LogP contribution in [0, 0.1) is 0 Å². The summed E-state index contributed by atoms with van der Waals surface area (Å²) in [6.07, 6.45) is -4.52. The zero-order valence-corrected chi connectivity index (χ0v) is 22.0. The lowest BCUT2D eigenvalue weighted by Crippen LogP contribution is -2.31. The number of alkyl halides is 1. The molecule has 3 aromatic rings. The van der Waals surface area contributed by atoms with Gasteiger partial charge < -0.3 is 34.4 Å². The number of benzene rings is 1. The molecule has 37 heavy (non-hydrogen) atoms. The molecule has 16 heteroatoms. The van der Waals surface area contributed by atoms with Crippen LogP contribution >= 0.6 is 26.8 Å². The quantitative estimate of drug-likeness (QED) is 0.176. The van der Waals surface area contributed by atoms with Crippen LogP contribution in [-0.2, 0) is 24.8 Å². The molecule has 4 rings (SSSR count). The molecule has 0 aliphatic carbocycles. The average Bonchev–Trinajstić information content (AvgIpc) is 3.32. The lowest BCUT2D eigenvalue weighted by Gasteiger charge is -2.18. The number of aliphatic hydroxyl groups is 1. The molecule has 0 spiro atoms. The first-order chi connectivity index (χ1) is 17.3. The average molecular weight is 579 g/mol. The van der Waals surface area contributed by atoms with E-state index < -0.39 is 52.3 Å². The highest BCUT2D eigenvalue weighted by Gasteiger charge is 2.47. The van der Waals surface area contributed by atoms with Crippen LogP contribution < -0.4 is 5.32 Å². The van der Waals surface area contributed by atoms with E-state index in [1.807, 2.05) is 37.3 Å². The van der Waals surface area contributed by atoms with E-state index in [-0.39, 0.29) is 16.8 Å². The van der Waals surface area contributed by atoms with Gasteiger partial charge >= 0.3 is 15.2 Å². The minimum atomic E-state index is -4.85. The van der Waals surface area contributed by atoms with E-state index in [2.05, 4.69) is 19.9 Å². The number of nitrogens with zero attached hydrogens (tertiary/aromatic N) is 3. The Balaban J connectivity index is 1.51. The largest absolute Gasteiger partial charge is 0.387 e. The fourth-order valence-corrected chi connectivity index (χ4v) is 6.84. The van der Waals surface area contributed by atoms with Gasteiger partial charge in [-0.25, -0.2) is 14.1 Å². The summed E-state index contributed by atoms with van der Waals surface area (Å²) < 4.78 is 49.3. The molecule has 1 aliphatic rings. The maximum Gasteiger partial charge on any atom is 0.340 e. The molecule has 202 valence electrons. The van der Waals surface area contributed by atoms with Crippen LogP contribution in [0.25, 0.3) is 11.0 Å². The SMILES string of the molecule is C[C@H](Cc1ccccc1)Nc1cc(Cl)nc2c1cnn2[C@@H]1O[C@H](COP(=O)(O)CP(=O)(O)O)[C@@H](O)[C@@H]1F. The van der Waals surface area contributed by atoms with E-state index in [0.29, 0.717) is 11.1 Å². The van der Waals surface area contributed by atoms with Gasteiger partial charge in [0.25, 0.3) is 0 Å². The number of hydrogen-bond donors (Lipinski definition) is 5. The van der Waals surface area contributed by atoms with Crippen LogP contribution in [0.3, 0.4) is 0 Å². The maximum absolute atomic E-state index is 15.0. The Labute approximate surface area is 216 Å². The van der Waals surface area contributed by atoms with Crippen molar-refractivity contribution in [3.8, 4) is 0 Å². The summed E-state index contributed by atoms with van der Waals surface area (Å²) in [5, 5.41) is 18.5. The van der Waals surface area contributed by atoms with Gasteiger partial charge in [0, 0.05) is 6.04 Å². The van der Waals surface area contributed by atoms with Crippen LogP contribution in [-0.4, -0.2) is 71.5 Å². The fraction of sp³-hybridized carbons (Fsp3) is 0.429. The Morgan fingerprint density at radius 1 is 1.27 bits per heavy atom. The van der Waals surface area contributed by atoms with Crippen molar-refractivity contribution in [2.75, 3.05) is 17.8 Å². The number of anilines is 1. The zero-order chi connectivity index (χ0) is 27.0. The number of halogens is 2. The number of hydrogen-bond acceptors (Lipinski definition) is 8. The van der Waals surface area contributed by atoms with Crippen molar-refractivity contribution >= 4 is 43.5 Å². The Bertz CT molecular complexity index is 1340. The lowest BCUT2D eigenvalue weighted by molar-refractivity contribution is -0.0472. The number of rotatable bonds is 10. The summed E-state index contributed by atoms with van der Waals surface area (Å²) in [6, 6.07) is 11.5. The molecule has 1 saturated heterocycles. The summed E-state index contributed by atoms with van der Waals surface area (Å²) in [4.78, 5) is 31.7. The predicted molar refractivity (Wildman–Crippen MR) is 133 cm³/mol. The van der Waals surface area contributed by atoms with E-state index in [4.69, 9.17) is 26.1 Å². The smallest absolute Gasteiger partial charge is 0.340 e. The predicted octanol–water partition coefficient (Wildman–Crippen LogP) is 3.06. The normalized spacial score (nSPS) is 24.7. The molecule has 1 aromatic carbocycles. The molecule has 6 atom stereocenters. The van der Waals surface area contributed by atoms with Crippen LogP contribution in [0.1, 0.15) is 18.7 Å². The van der Waals surface area contributed by atoms with Crippen LogP contribution in [0.5, 0.6) is 0 Å². The van der Waals surface area contributed by atoms with Gasteiger partial charge in [-0.2, -0.15) is 5.10 Å². The van der Waals surface area contributed by atoms with E-state index in [0.717, 1.165) is 16.7 Å².